The number of hydrogen-bond donors (Lipinski definition) is 3. The monoisotopic (exact) mass is 244 g/mol. The predicted molar refractivity (Wildman–Crippen MR) is 69.4 cm³/mol. The van der Waals surface area contributed by atoms with Crippen LogP contribution >= 0.6 is 0 Å². The van der Waals surface area contributed by atoms with Crippen molar-refractivity contribution in [3.05, 3.63) is 36.0 Å². The number of carbonyl (C=O) groups excluding carboxylic acids is 1. The maximum Gasteiger partial charge on any atom is 0.267 e. The summed E-state index contributed by atoms with van der Waals surface area (Å²) >= 11 is 0. The predicted octanol–water partition coefficient (Wildman–Crippen LogP) is 1.67. The van der Waals surface area contributed by atoms with Gasteiger partial charge in [0.15, 0.2) is 0 Å². The van der Waals surface area contributed by atoms with E-state index in [1.165, 1.54) is 0 Å². The molecule has 0 bridgehead atoms. The first-order chi connectivity index (χ1) is 8.72. The molecule has 18 heavy (non-hydrogen) atoms. The average molecular weight is 244 g/mol. The molecule has 0 saturated heterocycles. The van der Waals surface area contributed by atoms with Crippen LogP contribution in [0.4, 0.5) is 0 Å². The lowest BCUT2D eigenvalue weighted by molar-refractivity contribution is 0.0931. The summed E-state index contributed by atoms with van der Waals surface area (Å²) in [6, 6.07) is 9.65. The molecule has 0 unspecified atom stereocenters. The number of H-pyrrole nitrogens is 1. The first-order valence-electron chi connectivity index (χ1n) is 6.19. The molecule has 0 aliphatic heterocycles. The molecule has 4 nitrogen and oxygen atoms in total. The van der Waals surface area contributed by atoms with E-state index in [2.05, 4.69) is 10.3 Å². The second-order valence-corrected chi connectivity index (χ2v) is 5.11. The Morgan fingerprint density at radius 3 is 2.83 bits per heavy atom. The van der Waals surface area contributed by atoms with E-state index in [9.17, 15) is 9.90 Å². The normalized spacial score (nSPS) is 16.7. The molecule has 1 heterocycles. The van der Waals surface area contributed by atoms with Crippen LogP contribution in [-0.2, 0) is 0 Å². The minimum Gasteiger partial charge on any atom is -0.396 e. The van der Waals surface area contributed by atoms with Crippen LogP contribution in [0, 0.1) is 5.41 Å². The Hall–Kier alpha value is -1.81. The molecule has 1 amide bonds. The fraction of sp³-hybridized carbons (Fsp3) is 0.357. The van der Waals surface area contributed by atoms with Crippen LogP contribution in [0.5, 0.6) is 0 Å². The Kier molecular flexibility index (Phi) is 2.59. The van der Waals surface area contributed by atoms with E-state index in [1.54, 1.807) is 0 Å². The molecule has 1 aromatic heterocycles. The fourth-order valence-electron chi connectivity index (χ4n) is 2.13. The fourth-order valence-corrected chi connectivity index (χ4v) is 2.13. The van der Waals surface area contributed by atoms with Gasteiger partial charge in [-0.05, 0) is 25.0 Å². The van der Waals surface area contributed by atoms with Crippen molar-refractivity contribution in [1.82, 2.24) is 10.3 Å². The van der Waals surface area contributed by atoms with Gasteiger partial charge in [0.25, 0.3) is 5.91 Å². The summed E-state index contributed by atoms with van der Waals surface area (Å²) in [5.41, 5.74) is 1.48. The topological polar surface area (TPSA) is 65.1 Å². The summed E-state index contributed by atoms with van der Waals surface area (Å²) < 4.78 is 0. The van der Waals surface area contributed by atoms with Crippen molar-refractivity contribution in [3.8, 4) is 0 Å². The van der Waals surface area contributed by atoms with E-state index in [0.717, 1.165) is 23.7 Å². The molecule has 4 heteroatoms. The van der Waals surface area contributed by atoms with Gasteiger partial charge in [0.1, 0.15) is 5.69 Å². The van der Waals surface area contributed by atoms with E-state index in [0.29, 0.717) is 12.2 Å². The van der Waals surface area contributed by atoms with Gasteiger partial charge < -0.3 is 15.4 Å². The number of fused-ring (bicyclic) bond motifs is 1. The summed E-state index contributed by atoms with van der Waals surface area (Å²) in [6.07, 6.45) is 1.99. The number of carbonyl (C=O) groups is 1. The van der Waals surface area contributed by atoms with Crippen LogP contribution < -0.4 is 5.32 Å². The third-order valence-corrected chi connectivity index (χ3v) is 3.69. The van der Waals surface area contributed by atoms with Gasteiger partial charge >= 0.3 is 0 Å². The zero-order chi connectivity index (χ0) is 12.6. The molecule has 1 fully saturated rings. The van der Waals surface area contributed by atoms with Gasteiger partial charge in [0, 0.05) is 22.9 Å². The number of hydrogen-bond acceptors (Lipinski definition) is 2. The summed E-state index contributed by atoms with van der Waals surface area (Å²) in [5.74, 6) is -0.106. The Balaban J connectivity index is 1.72. The zero-order valence-corrected chi connectivity index (χ0v) is 10.1. The standard InChI is InChI=1S/C14H16N2O2/c17-9-14(5-6-14)8-15-13(18)12-7-10-3-1-2-4-11(10)16-12/h1-4,7,16-17H,5-6,8-9H2,(H,15,18). The Morgan fingerprint density at radius 2 is 2.17 bits per heavy atom. The molecule has 3 N–H and O–H groups in total. The van der Waals surface area contributed by atoms with Crippen molar-refractivity contribution in [1.29, 1.82) is 0 Å². The molecule has 2 aromatic rings. The Labute approximate surface area is 105 Å². The highest BCUT2D eigenvalue weighted by molar-refractivity contribution is 5.97. The SMILES string of the molecule is O=C(NCC1(CO)CC1)c1cc2ccccc2[nH]1. The van der Waals surface area contributed by atoms with Gasteiger partial charge in [-0.25, -0.2) is 0 Å². The molecule has 0 atom stereocenters. The molecular weight excluding hydrogens is 228 g/mol. The molecule has 0 radical (unpaired) electrons. The third-order valence-electron chi connectivity index (χ3n) is 3.69. The van der Waals surface area contributed by atoms with Crippen LogP contribution in [0.2, 0.25) is 0 Å². The van der Waals surface area contributed by atoms with Gasteiger partial charge in [-0.15, -0.1) is 0 Å². The minimum atomic E-state index is -0.106. The minimum absolute atomic E-state index is 0.0539. The van der Waals surface area contributed by atoms with Crippen LogP contribution in [0.15, 0.2) is 30.3 Å². The van der Waals surface area contributed by atoms with Gasteiger partial charge in [-0.3, -0.25) is 4.79 Å². The molecular formula is C14H16N2O2. The van der Waals surface area contributed by atoms with Gasteiger partial charge in [0.2, 0.25) is 0 Å². The van der Waals surface area contributed by atoms with Gasteiger partial charge in [-0.2, -0.15) is 0 Å². The molecule has 1 aliphatic rings. The van der Waals surface area contributed by atoms with Crippen molar-refractivity contribution < 1.29 is 9.90 Å². The highest BCUT2D eigenvalue weighted by atomic mass is 16.3. The highest BCUT2D eigenvalue weighted by Gasteiger charge is 2.42. The lowest BCUT2D eigenvalue weighted by Crippen LogP contribution is -2.32. The summed E-state index contributed by atoms with van der Waals surface area (Å²) in [6.45, 7) is 0.706. The quantitative estimate of drug-likeness (QED) is 0.766. The largest absolute Gasteiger partial charge is 0.396 e. The number of rotatable bonds is 4. The lowest BCUT2D eigenvalue weighted by atomic mass is 10.1. The van der Waals surface area contributed by atoms with Crippen LogP contribution in [0.25, 0.3) is 10.9 Å². The lowest BCUT2D eigenvalue weighted by Gasteiger charge is -2.11. The van der Waals surface area contributed by atoms with Crippen molar-refractivity contribution in [2.45, 2.75) is 12.8 Å². The molecule has 3 rings (SSSR count). The van der Waals surface area contributed by atoms with Crippen LogP contribution in [-0.4, -0.2) is 29.1 Å². The molecule has 1 saturated carbocycles. The maximum absolute atomic E-state index is 12.0. The summed E-state index contributed by atoms with van der Waals surface area (Å²) in [5, 5.41) is 13.1. The second-order valence-electron chi connectivity index (χ2n) is 5.11. The molecule has 94 valence electrons. The van der Waals surface area contributed by atoms with E-state index in [4.69, 9.17) is 0 Å². The van der Waals surface area contributed by atoms with Gasteiger partial charge in [0.05, 0.1) is 6.61 Å². The summed E-state index contributed by atoms with van der Waals surface area (Å²) in [7, 11) is 0. The first-order valence-corrected chi connectivity index (χ1v) is 6.19. The van der Waals surface area contributed by atoms with Crippen molar-refractivity contribution in [2.75, 3.05) is 13.2 Å². The van der Waals surface area contributed by atoms with Crippen molar-refractivity contribution in [3.63, 3.8) is 0 Å². The van der Waals surface area contributed by atoms with Crippen molar-refractivity contribution in [2.24, 2.45) is 5.41 Å². The first kappa shape index (κ1) is 11.3. The third kappa shape index (κ3) is 1.99. The van der Waals surface area contributed by atoms with E-state index < -0.39 is 0 Å². The number of aliphatic hydroxyl groups is 1. The smallest absolute Gasteiger partial charge is 0.267 e. The van der Waals surface area contributed by atoms with Crippen LogP contribution in [0.3, 0.4) is 0 Å². The zero-order valence-electron chi connectivity index (χ0n) is 10.1. The summed E-state index contributed by atoms with van der Waals surface area (Å²) in [4.78, 5) is 15.1. The molecule has 0 spiro atoms. The molecule has 1 aromatic carbocycles. The number of aromatic nitrogens is 1. The van der Waals surface area contributed by atoms with E-state index >= 15 is 0 Å². The average Bonchev–Trinajstić information content (AvgIpc) is 3.05. The number of amides is 1. The second kappa shape index (κ2) is 4.14. The Morgan fingerprint density at radius 1 is 1.39 bits per heavy atom. The number of aliphatic hydroxyl groups excluding tert-OH is 1. The number of para-hydroxylation sites is 1. The number of aromatic amines is 1. The number of benzene rings is 1. The number of nitrogens with one attached hydrogen (secondary N) is 2. The van der Waals surface area contributed by atoms with Crippen LogP contribution in [0.1, 0.15) is 23.3 Å². The maximum atomic E-state index is 12.0. The Bertz CT molecular complexity index is 551. The van der Waals surface area contributed by atoms with E-state index in [1.807, 2.05) is 30.3 Å². The van der Waals surface area contributed by atoms with Crippen molar-refractivity contribution >= 4 is 16.8 Å². The van der Waals surface area contributed by atoms with E-state index in [-0.39, 0.29) is 17.9 Å². The highest BCUT2D eigenvalue weighted by Crippen LogP contribution is 2.44. The molecule has 1 aliphatic carbocycles. The van der Waals surface area contributed by atoms with Gasteiger partial charge in [-0.1, -0.05) is 18.2 Å².